The largest absolute Gasteiger partial charge is 0.381 e. The molecule has 2 aromatic carbocycles. The molecular weight excluding hydrogens is 386 g/mol. The van der Waals surface area contributed by atoms with Crippen LogP contribution in [0.3, 0.4) is 0 Å². The standard InChI is InChI=1S/C26H33N3O2/c1-20-28(17-18-31-2)15-16-29(20)24-14-13-23(19-24)26(25(27)30,21-9-5-3-6-10-21)22-11-7-4-8-12-22/h3-12,23-24H,13-19H2,1-2H3,(H-,27,30)/p+1/t23-,24+/m0/s1. The van der Waals surface area contributed by atoms with Gasteiger partial charge in [0.15, 0.2) is 0 Å². The molecule has 0 saturated heterocycles. The third-order valence-corrected chi connectivity index (χ3v) is 7.35. The summed E-state index contributed by atoms with van der Waals surface area (Å²) >= 11 is 0. The molecule has 2 aliphatic rings. The summed E-state index contributed by atoms with van der Waals surface area (Å²) in [5.74, 6) is 1.24. The van der Waals surface area contributed by atoms with Gasteiger partial charge in [0.05, 0.1) is 12.6 Å². The Morgan fingerprint density at radius 3 is 2.26 bits per heavy atom. The predicted octanol–water partition coefficient (Wildman–Crippen LogP) is 3.02. The number of rotatable bonds is 8. The summed E-state index contributed by atoms with van der Waals surface area (Å²) in [5.41, 5.74) is 7.44. The van der Waals surface area contributed by atoms with Crippen LogP contribution in [-0.4, -0.2) is 60.6 Å². The molecule has 164 valence electrons. The Labute approximate surface area is 185 Å². The van der Waals surface area contributed by atoms with E-state index in [9.17, 15) is 4.79 Å². The van der Waals surface area contributed by atoms with Crippen LogP contribution in [0.4, 0.5) is 0 Å². The van der Waals surface area contributed by atoms with E-state index in [4.69, 9.17) is 10.5 Å². The van der Waals surface area contributed by atoms with Crippen LogP contribution in [0.2, 0.25) is 0 Å². The van der Waals surface area contributed by atoms with E-state index in [2.05, 4.69) is 40.7 Å². The van der Waals surface area contributed by atoms with Crippen molar-refractivity contribution < 1.29 is 14.1 Å². The van der Waals surface area contributed by atoms with Gasteiger partial charge < -0.3 is 10.5 Å². The highest BCUT2D eigenvalue weighted by Crippen LogP contribution is 2.48. The Bertz CT molecular complexity index is 887. The molecular formula is C26H34N3O2+. The van der Waals surface area contributed by atoms with Crippen molar-refractivity contribution in [3.05, 3.63) is 71.8 Å². The minimum atomic E-state index is -0.805. The number of nitrogens with zero attached hydrogens (tertiary/aromatic N) is 2. The van der Waals surface area contributed by atoms with E-state index in [1.54, 1.807) is 7.11 Å². The molecule has 1 saturated carbocycles. The van der Waals surface area contributed by atoms with E-state index >= 15 is 0 Å². The van der Waals surface area contributed by atoms with Crippen molar-refractivity contribution in [2.75, 3.05) is 33.4 Å². The van der Waals surface area contributed by atoms with Gasteiger partial charge >= 0.3 is 0 Å². The van der Waals surface area contributed by atoms with Crippen molar-refractivity contribution in [2.24, 2.45) is 11.7 Å². The van der Waals surface area contributed by atoms with Gasteiger partial charge in [-0.25, -0.2) is 0 Å². The van der Waals surface area contributed by atoms with Crippen LogP contribution < -0.4 is 5.73 Å². The SMILES string of the molecule is COCC[N+]1=C(C)N([C@@H]2CC[C@H](C(C(N)=O)(c3ccccc3)c3ccccc3)C2)CC1. The maximum Gasteiger partial charge on any atom is 0.244 e. The van der Waals surface area contributed by atoms with Gasteiger partial charge in [-0.3, -0.25) is 14.3 Å². The summed E-state index contributed by atoms with van der Waals surface area (Å²) in [6.07, 6.45) is 3.02. The second-order valence-corrected chi connectivity index (χ2v) is 8.79. The molecule has 1 fully saturated rings. The Hall–Kier alpha value is -2.66. The zero-order valence-electron chi connectivity index (χ0n) is 18.7. The van der Waals surface area contributed by atoms with Crippen LogP contribution >= 0.6 is 0 Å². The summed E-state index contributed by atoms with van der Waals surface area (Å²) in [6, 6.07) is 20.7. The van der Waals surface area contributed by atoms with E-state index in [-0.39, 0.29) is 11.8 Å². The smallest absolute Gasteiger partial charge is 0.244 e. The fourth-order valence-corrected chi connectivity index (χ4v) is 5.82. The molecule has 2 N–H and O–H groups in total. The number of carbonyl (C=O) groups is 1. The molecule has 1 aliphatic heterocycles. The average Bonchev–Trinajstić information content (AvgIpc) is 3.41. The lowest BCUT2D eigenvalue weighted by Gasteiger charge is -2.37. The molecule has 5 heteroatoms. The molecule has 1 heterocycles. The summed E-state index contributed by atoms with van der Waals surface area (Å²) in [4.78, 5) is 15.8. The fourth-order valence-electron chi connectivity index (χ4n) is 5.82. The van der Waals surface area contributed by atoms with Crippen LogP contribution in [0.1, 0.15) is 37.3 Å². The van der Waals surface area contributed by atoms with E-state index in [1.165, 1.54) is 5.84 Å². The zero-order valence-corrected chi connectivity index (χ0v) is 18.7. The van der Waals surface area contributed by atoms with Gasteiger partial charge in [-0.1, -0.05) is 60.7 Å². The van der Waals surface area contributed by atoms with Gasteiger partial charge in [0.1, 0.15) is 25.0 Å². The topological polar surface area (TPSA) is 58.6 Å². The Morgan fingerprint density at radius 1 is 1.10 bits per heavy atom. The maximum absolute atomic E-state index is 13.3. The molecule has 2 atom stereocenters. The quantitative estimate of drug-likeness (QED) is 0.668. The molecule has 0 unspecified atom stereocenters. The van der Waals surface area contributed by atoms with E-state index < -0.39 is 5.41 Å². The maximum atomic E-state index is 13.3. The molecule has 5 nitrogen and oxygen atoms in total. The molecule has 0 spiro atoms. The van der Waals surface area contributed by atoms with E-state index in [0.29, 0.717) is 6.04 Å². The van der Waals surface area contributed by atoms with Crippen molar-refractivity contribution in [2.45, 2.75) is 37.6 Å². The molecule has 2 aromatic rings. The van der Waals surface area contributed by atoms with Gasteiger partial charge in [0, 0.05) is 14.0 Å². The summed E-state index contributed by atoms with van der Waals surface area (Å²) in [5, 5.41) is 0. The molecule has 1 aliphatic carbocycles. The fraction of sp³-hybridized carbons (Fsp3) is 0.462. The molecule has 4 rings (SSSR count). The van der Waals surface area contributed by atoms with E-state index in [0.717, 1.165) is 56.6 Å². The zero-order chi connectivity index (χ0) is 21.8. The van der Waals surface area contributed by atoms with Crippen LogP contribution in [0, 0.1) is 5.92 Å². The number of hydrogen-bond acceptors (Lipinski definition) is 3. The lowest BCUT2D eigenvalue weighted by molar-refractivity contribution is -0.521. The number of carbonyl (C=O) groups excluding carboxylic acids is 1. The average molecular weight is 421 g/mol. The first-order chi connectivity index (χ1) is 15.1. The van der Waals surface area contributed by atoms with E-state index in [1.807, 2.05) is 36.4 Å². The van der Waals surface area contributed by atoms with Crippen molar-refractivity contribution in [1.82, 2.24) is 4.90 Å². The number of amides is 1. The van der Waals surface area contributed by atoms with Crippen molar-refractivity contribution in [3.63, 3.8) is 0 Å². The molecule has 1 amide bonds. The predicted molar refractivity (Wildman–Crippen MR) is 123 cm³/mol. The number of ether oxygens (including phenoxy) is 1. The Morgan fingerprint density at radius 2 is 1.71 bits per heavy atom. The van der Waals surface area contributed by atoms with Crippen molar-refractivity contribution >= 4 is 11.7 Å². The van der Waals surface area contributed by atoms with Crippen LogP contribution in [0.15, 0.2) is 60.7 Å². The highest BCUT2D eigenvalue weighted by Gasteiger charge is 2.52. The molecule has 0 aromatic heterocycles. The van der Waals surface area contributed by atoms with Gasteiger partial charge in [0.25, 0.3) is 0 Å². The third kappa shape index (κ3) is 3.87. The highest BCUT2D eigenvalue weighted by molar-refractivity contribution is 5.91. The van der Waals surface area contributed by atoms with Gasteiger partial charge in [-0.05, 0) is 36.3 Å². The van der Waals surface area contributed by atoms with Crippen molar-refractivity contribution in [3.8, 4) is 0 Å². The number of methoxy groups -OCH3 is 1. The molecule has 0 radical (unpaired) electrons. The monoisotopic (exact) mass is 420 g/mol. The summed E-state index contributed by atoms with van der Waals surface area (Å²) in [6.45, 7) is 5.95. The minimum Gasteiger partial charge on any atom is -0.381 e. The number of nitrogens with two attached hydrogens (primary N) is 1. The lowest BCUT2D eigenvalue weighted by atomic mass is 9.64. The Kier molecular flexibility index (Phi) is 6.42. The number of hydrogen-bond donors (Lipinski definition) is 1. The highest BCUT2D eigenvalue weighted by atomic mass is 16.5. The number of benzene rings is 2. The Balaban J connectivity index is 1.67. The van der Waals surface area contributed by atoms with Gasteiger partial charge in [-0.2, -0.15) is 0 Å². The molecule has 31 heavy (non-hydrogen) atoms. The van der Waals surface area contributed by atoms with Crippen molar-refractivity contribution in [1.29, 1.82) is 0 Å². The summed E-state index contributed by atoms with van der Waals surface area (Å²) < 4.78 is 7.68. The first-order valence-electron chi connectivity index (χ1n) is 11.3. The first kappa shape index (κ1) is 21.6. The molecule has 0 bridgehead atoms. The first-order valence-corrected chi connectivity index (χ1v) is 11.3. The van der Waals surface area contributed by atoms with Crippen LogP contribution in [0.5, 0.6) is 0 Å². The van der Waals surface area contributed by atoms with Gasteiger partial charge in [-0.15, -0.1) is 0 Å². The normalized spacial score (nSPS) is 21.7. The van der Waals surface area contributed by atoms with Crippen LogP contribution in [-0.2, 0) is 14.9 Å². The van der Waals surface area contributed by atoms with Gasteiger partial charge in [0.2, 0.25) is 11.7 Å². The summed E-state index contributed by atoms with van der Waals surface area (Å²) in [7, 11) is 1.75. The minimum absolute atomic E-state index is 0.167. The van der Waals surface area contributed by atoms with Crippen LogP contribution in [0.25, 0.3) is 0 Å². The number of primary amides is 1. The second-order valence-electron chi connectivity index (χ2n) is 8.79. The second kappa shape index (κ2) is 9.23. The lowest BCUT2D eigenvalue weighted by Crippen LogP contribution is -2.48. The number of amidine groups is 1. The third-order valence-electron chi connectivity index (χ3n) is 7.35.